The van der Waals surface area contributed by atoms with Gasteiger partial charge < -0.3 is 10.6 Å². The fourth-order valence-corrected chi connectivity index (χ4v) is 3.97. The third-order valence-corrected chi connectivity index (χ3v) is 5.52. The first-order valence-corrected chi connectivity index (χ1v) is 9.62. The molecule has 0 unspecified atom stereocenters. The lowest BCUT2D eigenvalue weighted by Crippen LogP contribution is -2.42. The molecule has 2 N–H and O–H groups in total. The van der Waals surface area contributed by atoms with E-state index >= 15 is 0 Å². The van der Waals surface area contributed by atoms with Gasteiger partial charge >= 0.3 is 0 Å². The molecule has 0 spiro atoms. The van der Waals surface area contributed by atoms with Gasteiger partial charge in [-0.25, -0.2) is 0 Å². The molecule has 1 heterocycles. The van der Waals surface area contributed by atoms with Crippen LogP contribution in [0, 0.1) is 5.41 Å². The molecule has 0 aliphatic heterocycles. The molecule has 2 aromatic rings. The zero-order chi connectivity index (χ0) is 19.1. The number of hydrogen-bond donors (Lipinski definition) is 2. The van der Waals surface area contributed by atoms with Gasteiger partial charge in [-0.05, 0) is 47.6 Å². The van der Waals surface area contributed by atoms with E-state index in [1.807, 2.05) is 36.4 Å². The standard InChI is InChI=1S/C22H27N3O2/c1-23-20(26)15-22(11-5-2-6-12-22)16-25-21(27)19-8-4-3-7-18(19)17-9-13-24-14-10-17/h3-4,7-10,13-14H,2,5-6,11-12,15-16H2,1H3,(H,23,26)(H,25,27). The largest absolute Gasteiger partial charge is 0.359 e. The summed E-state index contributed by atoms with van der Waals surface area (Å²) in [4.78, 5) is 29.0. The minimum Gasteiger partial charge on any atom is -0.359 e. The molecule has 1 aromatic heterocycles. The van der Waals surface area contributed by atoms with Gasteiger partial charge in [-0.2, -0.15) is 0 Å². The van der Waals surface area contributed by atoms with Crippen molar-refractivity contribution < 1.29 is 9.59 Å². The first-order valence-electron chi connectivity index (χ1n) is 9.62. The van der Waals surface area contributed by atoms with Crippen molar-refractivity contribution in [1.29, 1.82) is 0 Å². The van der Waals surface area contributed by atoms with E-state index in [4.69, 9.17) is 0 Å². The molecule has 1 aromatic carbocycles. The summed E-state index contributed by atoms with van der Waals surface area (Å²) in [6.07, 6.45) is 9.30. The Morgan fingerprint density at radius 3 is 2.44 bits per heavy atom. The van der Waals surface area contributed by atoms with Gasteiger partial charge in [0, 0.05) is 38.0 Å². The zero-order valence-corrected chi connectivity index (χ0v) is 15.8. The van der Waals surface area contributed by atoms with Crippen LogP contribution in [0.1, 0.15) is 48.9 Å². The SMILES string of the molecule is CNC(=O)CC1(CNC(=O)c2ccccc2-c2ccncc2)CCCCC1. The number of benzene rings is 1. The van der Waals surface area contributed by atoms with Crippen molar-refractivity contribution in [3.8, 4) is 11.1 Å². The van der Waals surface area contributed by atoms with Gasteiger partial charge in [-0.1, -0.05) is 37.5 Å². The molecule has 1 aliphatic rings. The van der Waals surface area contributed by atoms with E-state index in [1.54, 1.807) is 19.4 Å². The molecule has 1 saturated carbocycles. The van der Waals surface area contributed by atoms with E-state index in [9.17, 15) is 9.59 Å². The van der Waals surface area contributed by atoms with Crippen LogP contribution in [0.15, 0.2) is 48.8 Å². The predicted octanol–water partition coefficient (Wildman–Crippen LogP) is 3.57. The van der Waals surface area contributed by atoms with Gasteiger partial charge in [0.25, 0.3) is 5.91 Å². The molecule has 1 aliphatic carbocycles. The number of rotatable bonds is 6. The maximum Gasteiger partial charge on any atom is 0.251 e. The van der Waals surface area contributed by atoms with Crippen molar-refractivity contribution in [3.63, 3.8) is 0 Å². The monoisotopic (exact) mass is 365 g/mol. The van der Waals surface area contributed by atoms with Gasteiger partial charge in [-0.15, -0.1) is 0 Å². The van der Waals surface area contributed by atoms with Crippen LogP contribution in [-0.4, -0.2) is 30.4 Å². The Morgan fingerprint density at radius 1 is 1.04 bits per heavy atom. The maximum absolute atomic E-state index is 13.0. The molecule has 142 valence electrons. The molecule has 5 nitrogen and oxygen atoms in total. The smallest absolute Gasteiger partial charge is 0.251 e. The molecule has 2 amide bonds. The summed E-state index contributed by atoms with van der Waals surface area (Å²) in [6.45, 7) is 0.532. The fourth-order valence-electron chi connectivity index (χ4n) is 3.97. The van der Waals surface area contributed by atoms with Crippen LogP contribution in [0.25, 0.3) is 11.1 Å². The number of nitrogens with zero attached hydrogens (tertiary/aromatic N) is 1. The first-order chi connectivity index (χ1) is 13.1. The summed E-state index contributed by atoms with van der Waals surface area (Å²) in [7, 11) is 1.67. The van der Waals surface area contributed by atoms with Crippen molar-refractivity contribution in [2.75, 3.05) is 13.6 Å². The van der Waals surface area contributed by atoms with E-state index in [0.717, 1.165) is 36.8 Å². The van der Waals surface area contributed by atoms with Gasteiger partial charge in [0.2, 0.25) is 5.91 Å². The van der Waals surface area contributed by atoms with Crippen LogP contribution < -0.4 is 10.6 Å². The third kappa shape index (κ3) is 4.73. The van der Waals surface area contributed by atoms with Crippen LogP contribution in [0.3, 0.4) is 0 Å². The van der Waals surface area contributed by atoms with Gasteiger partial charge in [0.05, 0.1) is 0 Å². The molecule has 5 heteroatoms. The summed E-state index contributed by atoms with van der Waals surface area (Å²) in [5.74, 6) is -0.0485. The number of hydrogen-bond acceptors (Lipinski definition) is 3. The Hall–Kier alpha value is -2.69. The Labute approximate surface area is 160 Å². The van der Waals surface area contributed by atoms with Crippen LogP contribution in [0.5, 0.6) is 0 Å². The van der Waals surface area contributed by atoms with Crippen LogP contribution in [0.2, 0.25) is 0 Å². The lowest BCUT2D eigenvalue weighted by molar-refractivity contribution is -0.123. The first kappa shape index (κ1) is 19.1. The third-order valence-electron chi connectivity index (χ3n) is 5.52. The zero-order valence-electron chi connectivity index (χ0n) is 15.8. The van der Waals surface area contributed by atoms with Crippen molar-refractivity contribution in [3.05, 3.63) is 54.4 Å². The second kappa shape index (κ2) is 8.80. The number of nitrogens with one attached hydrogen (secondary N) is 2. The Kier molecular flexibility index (Phi) is 6.22. The number of carbonyl (C=O) groups is 2. The van der Waals surface area contributed by atoms with E-state index in [-0.39, 0.29) is 17.2 Å². The van der Waals surface area contributed by atoms with Crippen LogP contribution in [-0.2, 0) is 4.79 Å². The lowest BCUT2D eigenvalue weighted by Gasteiger charge is -2.37. The molecule has 0 radical (unpaired) electrons. The highest BCUT2D eigenvalue weighted by atomic mass is 16.2. The summed E-state index contributed by atoms with van der Waals surface area (Å²) in [5, 5.41) is 5.84. The highest BCUT2D eigenvalue weighted by molar-refractivity contribution is 6.00. The average molecular weight is 365 g/mol. The maximum atomic E-state index is 13.0. The Morgan fingerprint density at radius 2 is 1.74 bits per heavy atom. The summed E-state index contributed by atoms with van der Waals surface area (Å²) >= 11 is 0. The van der Waals surface area contributed by atoms with Crippen molar-refractivity contribution in [1.82, 2.24) is 15.6 Å². The van der Waals surface area contributed by atoms with E-state index in [1.165, 1.54) is 6.42 Å². The topological polar surface area (TPSA) is 71.1 Å². The molecule has 1 fully saturated rings. The summed E-state index contributed by atoms with van der Waals surface area (Å²) in [5.41, 5.74) is 2.36. The Bertz CT molecular complexity index is 783. The quantitative estimate of drug-likeness (QED) is 0.822. The molecular formula is C22H27N3O2. The highest BCUT2D eigenvalue weighted by Gasteiger charge is 2.34. The second-order valence-corrected chi connectivity index (χ2v) is 7.37. The van der Waals surface area contributed by atoms with Gasteiger partial charge in [0.1, 0.15) is 0 Å². The lowest BCUT2D eigenvalue weighted by atomic mass is 9.71. The molecule has 27 heavy (non-hydrogen) atoms. The fraction of sp³-hybridized carbons (Fsp3) is 0.409. The number of amides is 2. The number of carbonyl (C=O) groups excluding carboxylic acids is 2. The van der Waals surface area contributed by atoms with E-state index < -0.39 is 0 Å². The predicted molar refractivity (Wildman–Crippen MR) is 106 cm³/mol. The van der Waals surface area contributed by atoms with Gasteiger partial charge in [-0.3, -0.25) is 14.6 Å². The molecule has 0 bridgehead atoms. The second-order valence-electron chi connectivity index (χ2n) is 7.37. The average Bonchev–Trinajstić information content (AvgIpc) is 2.73. The summed E-state index contributed by atoms with van der Waals surface area (Å²) < 4.78 is 0. The molecule has 3 rings (SSSR count). The molecule has 0 saturated heterocycles. The van der Waals surface area contributed by atoms with Crippen LogP contribution >= 0.6 is 0 Å². The Balaban J connectivity index is 1.76. The summed E-state index contributed by atoms with van der Waals surface area (Å²) in [6, 6.07) is 11.4. The molecular weight excluding hydrogens is 338 g/mol. The van der Waals surface area contributed by atoms with E-state index in [0.29, 0.717) is 18.5 Å². The highest BCUT2D eigenvalue weighted by Crippen LogP contribution is 2.39. The number of pyridine rings is 1. The molecule has 0 atom stereocenters. The number of aromatic nitrogens is 1. The van der Waals surface area contributed by atoms with Gasteiger partial charge in [0.15, 0.2) is 0 Å². The normalized spacial score (nSPS) is 15.7. The van der Waals surface area contributed by atoms with Crippen molar-refractivity contribution in [2.45, 2.75) is 38.5 Å². The van der Waals surface area contributed by atoms with Crippen LogP contribution in [0.4, 0.5) is 0 Å². The van der Waals surface area contributed by atoms with Crippen molar-refractivity contribution >= 4 is 11.8 Å². The van der Waals surface area contributed by atoms with Crippen molar-refractivity contribution in [2.24, 2.45) is 5.41 Å². The van der Waals surface area contributed by atoms with E-state index in [2.05, 4.69) is 15.6 Å². The minimum atomic E-state index is -0.139. The minimum absolute atomic E-state index is 0.0448.